The highest BCUT2D eigenvalue weighted by molar-refractivity contribution is 7.89. The topological polar surface area (TPSA) is 127 Å². The van der Waals surface area contributed by atoms with Crippen LogP contribution in [0.25, 0.3) is 5.53 Å². The van der Waals surface area contributed by atoms with Gasteiger partial charge in [0.15, 0.2) is 6.04 Å². The fourth-order valence-electron chi connectivity index (χ4n) is 2.54. The summed E-state index contributed by atoms with van der Waals surface area (Å²) < 4.78 is 56.1. The van der Waals surface area contributed by atoms with E-state index in [2.05, 4.69) is 9.51 Å². The van der Waals surface area contributed by atoms with Crippen molar-refractivity contribution in [2.75, 3.05) is 21.3 Å². The number of aryl methyl sites for hydroxylation is 1. The number of benzene rings is 2. The molecule has 11 heteroatoms. The molecule has 1 unspecified atom stereocenters. The minimum atomic E-state index is -4.08. The van der Waals surface area contributed by atoms with Crippen molar-refractivity contribution in [3.05, 3.63) is 65.2 Å². The highest BCUT2D eigenvalue weighted by atomic mass is 32.2. The zero-order valence-corrected chi connectivity index (χ0v) is 18.1. The minimum absolute atomic E-state index is 0.0106. The molecule has 0 amide bonds. The first-order chi connectivity index (χ1) is 13.7. The summed E-state index contributed by atoms with van der Waals surface area (Å²) in [5.41, 5.74) is 10.3. The van der Waals surface area contributed by atoms with Gasteiger partial charge in [0.1, 0.15) is 5.75 Å². The fraction of sp³-hybridized carbons (Fsp3) is 0.278. The largest absolute Gasteiger partial charge is 0.497 e. The Morgan fingerprint density at radius 3 is 2.03 bits per heavy atom. The van der Waals surface area contributed by atoms with Crippen LogP contribution >= 0.6 is 7.60 Å². The first-order valence-electron chi connectivity index (χ1n) is 8.37. The van der Waals surface area contributed by atoms with Gasteiger partial charge < -0.3 is 19.3 Å². The summed E-state index contributed by atoms with van der Waals surface area (Å²) >= 11 is 0. The van der Waals surface area contributed by atoms with Crippen molar-refractivity contribution in [2.45, 2.75) is 17.9 Å². The Hall–Kier alpha value is -2.32. The second-order valence-electron chi connectivity index (χ2n) is 5.96. The molecule has 0 aliphatic heterocycles. The van der Waals surface area contributed by atoms with Crippen molar-refractivity contribution in [1.82, 2.24) is 4.72 Å². The SMILES string of the molecule is COc1ccc(C(NS(=O)(=O)c2ccc(C)cc2)C(=[N+]=[N-])P(=O)(OC)OC)cc1. The van der Waals surface area contributed by atoms with Crippen molar-refractivity contribution >= 4 is 23.1 Å². The van der Waals surface area contributed by atoms with Crippen molar-refractivity contribution in [3.63, 3.8) is 0 Å². The second-order valence-corrected chi connectivity index (χ2v) is 9.86. The number of methoxy groups -OCH3 is 1. The minimum Gasteiger partial charge on any atom is -0.497 e. The lowest BCUT2D eigenvalue weighted by Gasteiger charge is -2.19. The molecule has 2 rings (SSSR count). The molecule has 0 fully saturated rings. The van der Waals surface area contributed by atoms with Crippen LogP contribution < -0.4 is 9.46 Å². The van der Waals surface area contributed by atoms with E-state index >= 15 is 0 Å². The Morgan fingerprint density at radius 2 is 1.59 bits per heavy atom. The predicted octanol–water partition coefficient (Wildman–Crippen LogP) is 3.14. The molecule has 29 heavy (non-hydrogen) atoms. The molecule has 0 saturated carbocycles. The maximum atomic E-state index is 12.9. The Labute approximate surface area is 169 Å². The van der Waals surface area contributed by atoms with Crippen LogP contribution in [0.3, 0.4) is 0 Å². The third-order valence-electron chi connectivity index (χ3n) is 4.18. The molecule has 1 N–H and O–H groups in total. The molecular weight excluding hydrogens is 417 g/mol. The predicted molar refractivity (Wildman–Crippen MR) is 107 cm³/mol. The quantitative estimate of drug-likeness (QED) is 0.277. The summed E-state index contributed by atoms with van der Waals surface area (Å²) in [4.78, 5) is 3.05. The van der Waals surface area contributed by atoms with Crippen molar-refractivity contribution in [3.8, 4) is 5.75 Å². The molecular formula is C18H22N3O6PS. The molecule has 2 aromatic rings. The van der Waals surface area contributed by atoms with E-state index in [1.54, 1.807) is 36.4 Å². The van der Waals surface area contributed by atoms with Crippen LogP contribution in [0.15, 0.2) is 53.4 Å². The molecule has 9 nitrogen and oxygen atoms in total. The molecule has 156 valence electrons. The van der Waals surface area contributed by atoms with Crippen molar-refractivity contribution in [2.24, 2.45) is 0 Å². The summed E-state index contributed by atoms with van der Waals surface area (Å²) in [6.45, 7) is 1.83. The van der Waals surface area contributed by atoms with E-state index in [9.17, 15) is 18.5 Å². The lowest BCUT2D eigenvalue weighted by atomic mass is 10.1. The maximum Gasteiger partial charge on any atom is 0.439 e. The van der Waals surface area contributed by atoms with Gasteiger partial charge in [0.2, 0.25) is 10.0 Å². The molecule has 0 heterocycles. The molecule has 0 spiro atoms. The normalized spacial score (nSPS) is 12.8. The molecule has 0 aromatic heterocycles. The Morgan fingerprint density at radius 1 is 1.03 bits per heavy atom. The lowest BCUT2D eigenvalue weighted by Crippen LogP contribution is -2.34. The number of hydrogen-bond donors (Lipinski definition) is 1. The molecule has 0 saturated heterocycles. The van der Waals surface area contributed by atoms with Gasteiger partial charge >= 0.3 is 13.0 Å². The van der Waals surface area contributed by atoms with Crippen LogP contribution in [0, 0.1) is 6.92 Å². The third-order valence-corrected chi connectivity index (χ3v) is 7.48. The third kappa shape index (κ3) is 5.19. The summed E-state index contributed by atoms with van der Waals surface area (Å²) in [7, 11) is -4.46. The Bertz CT molecular complexity index is 1040. The average Bonchev–Trinajstić information content (AvgIpc) is 2.73. The van der Waals surface area contributed by atoms with E-state index < -0.39 is 29.1 Å². The van der Waals surface area contributed by atoms with E-state index in [0.29, 0.717) is 11.3 Å². The van der Waals surface area contributed by atoms with Gasteiger partial charge in [-0.2, -0.15) is 9.51 Å². The van der Waals surface area contributed by atoms with Gasteiger partial charge in [-0.1, -0.05) is 29.8 Å². The zero-order valence-electron chi connectivity index (χ0n) is 16.4. The number of hydrogen-bond acceptors (Lipinski definition) is 6. The maximum absolute atomic E-state index is 12.9. The summed E-state index contributed by atoms with van der Waals surface area (Å²) in [5, 5.41) is 0. The molecule has 0 aliphatic rings. The monoisotopic (exact) mass is 439 g/mol. The summed E-state index contributed by atoms with van der Waals surface area (Å²) in [5.74, 6) is 0.526. The Balaban J connectivity index is 2.58. The summed E-state index contributed by atoms with van der Waals surface area (Å²) in [6, 6.07) is 11.1. The van der Waals surface area contributed by atoms with Gasteiger partial charge in [-0.05, 0) is 36.8 Å². The van der Waals surface area contributed by atoms with Gasteiger partial charge in [0, 0.05) is 14.2 Å². The fourth-order valence-corrected chi connectivity index (χ4v) is 4.98. The first kappa shape index (κ1) is 23.0. The number of nitrogens with one attached hydrogen (secondary N) is 1. The molecule has 0 aliphatic carbocycles. The van der Waals surface area contributed by atoms with Gasteiger partial charge in [-0.3, -0.25) is 0 Å². The average molecular weight is 439 g/mol. The second kappa shape index (κ2) is 9.45. The van der Waals surface area contributed by atoms with E-state index in [0.717, 1.165) is 19.8 Å². The highest BCUT2D eigenvalue weighted by Crippen LogP contribution is 2.51. The van der Waals surface area contributed by atoms with Crippen LogP contribution in [0.1, 0.15) is 17.2 Å². The zero-order chi connectivity index (χ0) is 21.7. The Kier molecular flexibility index (Phi) is 7.48. The molecule has 1 atom stereocenters. The van der Waals surface area contributed by atoms with Gasteiger partial charge in [-0.25, -0.2) is 13.0 Å². The number of sulfonamides is 1. The van der Waals surface area contributed by atoms with E-state index in [1.165, 1.54) is 19.2 Å². The summed E-state index contributed by atoms with van der Waals surface area (Å²) in [6.07, 6.45) is 0. The number of ether oxygens (including phenoxy) is 1. The molecule has 0 radical (unpaired) electrons. The number of nitrogens with zero attached hydrogens (tertiary/aromatic N) is 2. The van der Waals surface area contributed by atoms with Crippen LogP contribution in [0.2, 0.25) is 0 Å². The van der Waals surface area contributed by atoms with E-state index in [4.69, 9.17) is 13.8 Å². The van der Waals surface area contributed by atoms with Crippen LogP contribution in [-0.4, -0.2) is 40.0 Å². The van der Waals surface area contributed by atoms with Gasteiger partial charge in [0.05, 0.1) is 12.0 Å². The molecule has 2 aromatic carbocycles. The smallest absolute Gasteiger partial charge is 0.439 e. The van der Waals surface area contributed by atoms with Gasteiger partial charge in [0.25, 0.3) is 0 Å². The molecule has 0 bridgehead atoms. The van der Waals surface area contributed by atoms with E-state index in [-0.39, 0.29) is 4.90 Å². The van der Waals surface area contributed by atoms with Crippen molar-refractivity contribution in [1.29, 1.82) is 0 Å². The van der Waals surface area contributed by atoms with E-state index in [1.807, 2.05) is 6.92 Å². The standard InChI is InChI=1S/C18H22N3O6PS/c1-13-5-11-16(12-6-13)29(23,24)21-17(14-7-9-15(25-2)10-8-14)18(20-19)28(22,26-3)27-4/h5-12,17,21H,1-4H3. The number of rotatable bonds is 9. The van der Waals surface area contributed by atoms with Gasteiger partial charge in [-0.15, -0.1) is 0 Å². The van der Waals surface area contributed by atoms with Crippen molar-refractivity contribution < 1.29 is 31.6 Å². The highest BCUT2D eigenvalue weighted by Gasteiger charge is 2.46. The lowest BCUT2D eigenvalue weighted by molar-refractivity contribution is -0.00819. The van der Waals surface area contributed by atoms with Crippen LogP contribution in [0.4, 0.5) is 0 Å². The first-order valence-corrected chi connectivity index (χ1v) is 11.4. The van der Waals surface area contributed by atoms with Crippen LogP contribution in [0.5, 0.6) is 5.75 Å². The van der Waals surface area contributed by atoms with Crippen LogP contribution in [-0.2, 0) is 23.6 Å².